The van der Waals surface area contributed by atoms with Crippen molar-refractivity contribution >= 4 is 61.3 Å². The summed E-state index contributed by atoms with van der Waals surface area (Å²) >= 11 is 13.5. The van der Waals surface area contributed by atoms with Crippen LogP contribution in [0.3, 0.4) is 0 Å². The zero-order valence-electron chi connectivity index (χ0n) is 17.3. The first kappa shape index (κ1) is 24.3. The topological polar surface area (TPSA) is 114 Å². The monoisotopic (exact) mass is 504 g/mol. The SMILES string of the molecule is CC(C)CS(=O)(=O)N[C@H]1CC[C@H](Nc2nc(N)c(C(=O)c3c(Cl)cccc3Cl)s2)CC1. The molecule has 1 fully saturated rings. The number of anilines is 2. The maximum absolute atomic E-state index is 12.9. The van der Waals surface area contributed by atoms with Crippen LogP contribution in [0.2, 0.25) is 10.0 Å². The van der Waals surface area contributed by atoms with E-state index < -0.39 is 10.0 Å². The molecule has 11 heteroatoms. The standard InChI is InChI=1S/C20H26Cl2N4O3S2/c1-11(2)10-31(28,29)26-13-8-6-12(7-9-13)24-20-25-19(23)18(30-20)17(27)16-14(21)4-3-5-15(16)22/h3-5,11-13,26H,6-10,23H2,1-2H3,(H,24,25)/t12-,13-. The lowest BCUT2D eigenvalue weighted by atomic mass is 9.92. The fraction of sp³-hybridized carbons (Fsp3) is 0.500. The molecule has 0 aliphatic heterocycles. The molecule has 170 valence electrons. The Bertz CT molecular complexity index is 1030. The van der Waals surface area contributed by atoms with Gasteiger partial charge in [-0.3, -0.25) is 4.79 Å². The number of thiazole rings is 1. The molecule has 1 aliphatic carbocycles. The number of nitrogen functional groups attached to an aromatic ring is 1. The number of carbonyl (C=O) groups is 1. The molecule has 0 radical (unpaired) electrons. The summed E-state index contributed by atoms with van der Waals surface area (Å²) in [4.78, 5) is 17.5. The molecule has 0 amide bonds. The third-order valence-corrected chi connectivity index (χ3v) is 8.43. The number of benzene rings is 1. The average Bonchev–Trinajstić information content (AvgIpc) is 3.02. The minimum Gasteiger partial charge on any atom is -0.382 e. The summed E-state index contributed by atoms with van der Waals surface area (Å²) in [5.74, 6) is -0.00974. The highest BCUT2D eigenvalue weighted by Gasteiger charge is 2.27. The molecular weight excluding hydrogens is 479 g/mol. The Morgan fingerprint density at radius 2 is 1.77 bits per heavy atom. The number of carbonyl (C=O) groups excluding carboxylic acids is 1. The quantitative estimate of drug-likeness (QED) is 0.453. The van der Waals surface area contributed by atoms with Crippen LogP contribution in [0.15, 0.2) is 18.2 Å². The molecule has 3 rings (SSSR count). The van der Waals surface area contributed by atoms with Crippen molar-refractivity contribution in [2.24, 2.45) is 5.92 Å². The number of nitrogens with zero attached hydrogens (tertiary/aromatic N) is 1. The van der Waals surface area contributed by atoms with Gasteiger partial charge in [0.25, 0.3) is 0 Å². The first-order valence-corrected chi connectivity index (χ1v) is 13.3. The van der Waals surface area contributed by atoms with Crippen LogP contribution in [0, 0.1) is 5.92 Å². The van der Waals surface area contributed by atoms with E-state index in [2.05, 4.69) is 15.0 Å². The van der Waals surface area contributed by atoms with E-state index in [0.717, 1.165) is 25.7 Å². The van der Waals surface area contributed by atoms with Gasteiger partial charge in [-0.2, -0.15) is 0 Å². The first-order chi connectivity index (χ1) is 14.6. The van der Waals surface area contributed by atoms with Crippen LogP contribution in [-0.2, 0) is 10.0 Å². The Morgan fingerprint density at radius 3 is 2.35 bits per heavy atom. The lowest BCUT2D eigenvalue weighted by Gasteiger charge is -2.29. The highest BCUT2D eigenvalue weighted by Crippen LogP contribution is 2.34. The fourth-order valence-electron chi connectivity index (χ4n) is 3.66. The van der Waals surface area contributed by atoms with Crippen molar-refractivity contribution in [2.75, 3.05) is 16.8 Å². The van der Waals surface area contributed by atoms with Gasteiger partial charge in [-0.05, 0) is 43.7 Å². The molecule has 4 N–H and O–H groups in total. The number of hydrogen-bond acceptors (Lipinski definition) is 7. The molecule has 1 saturated carbocycles. The maximum atomic E-state index is 12.9. The van der Waals surface area contributed by atoms with E-state index in [1.807, 2.05) is 13.8 Å². The van der Waals surface area contributed by atoms with Gasteiger partial charge in [0.05, 0.1) is 21.4 Å². The zero-order valence-corrected chi connectivity index (χ0v) is 20.5. The van der Waals surface area contributed by atoms with Crippen LogP contribution >= 0.6 is 34.5 Å². The van der Waals surface area contributed by atoms with E-state index in [1.54, 1.807) is 18.2 Å². The van der Waals surface area contributed by atoms with Gasteiger partial charge in [0.1, 0.15) is 10.7 Å². The molecule has 1 aromatic heterocycles. The van der Waals surface area contributed by atoms with Crippen LogP contribution < -0.4 is 15.8 Å². The van der Waals surface area contributed by atoms with E-state index in [9.17, 15) is 13.2 Å². The van der Waals surface area contributed by atoms with Crippen molar-refractivity contribution in [1.82, 2.24) is 9.71 Å². The Morgan fingerprint density at radius 1 is 1.19 bits per heavy atom. The second-order valence-corrected chi connectivity index (χ2v) is 11.8. The summed E-state index contributed by atoms with van der Waals surface area (Å²) in [7, 11) is -3.26. The molecule has 1 heterocycles. The number of rotatable bonds is 8. The minimum atomic E-state index is -3.26. The minimum absolute atomic E-state index is 0.0531. The van der Waals surface area contributed by atoms with Crippen molar-refractivity contribution in [1.29, 1.82) is 0 Å². The summed E-state index contributed by atoms with van der Waals surface area (Å²) in [6, 6.07) is 4.95. The van der Waals surface area contributed by atoms with E-state index in [0.29, 0.717) is 5.13 Å². The molecule has 1 aliphatic rings. The Kier molecular flexibility index (Phi) is 7.86. The zero-order chi connectivity index (χ0) is 22.8. The third-order valence-electron chi connectivity index (χ3n) is 5.00. The molecule has 0 bridgehead atoms. The van der Waals surface area contributed by atoms with Crippen LogP contribution in [-0.4, -0.2) is 37.0 Å². The van der Waals surface area contributed by atoms with Crippen LogP contribution in [0.4, 0.5) is 10.9 Å². The molecule has 1 aromatic carbocycles. The van der Waals surface area contributed by atoms with Crippen molar-refractivity contribution < 1.29 is 13.2 Å². The van der Waals surface area contributed by atoms with Crippen LogP contribution in [0.1, 0.15) is 54.8 Å². The number of nitrogens with one attached hydrogen (secondary N) is 2. The Balaban J connectivity index is 1.61. The molecule has 0 unspecified atom stereocenters. The maximum Gasteiger partial charge on any atom is 0.212 e. The number of sulfonamides is 1. The van der Waals surface area contributed by atoms with Gasteiger partial charge in [0, 0.05) is 12.1 Å². The normalized spacial score (nSPS) is 19.5. The smallest absolute Gasteiger partial charge is 0.212 e. The predicted molar refractivity (Wildman–Crippen MR) is 128 cm³/mol. The number of ketones is 1. The Hall–Kier alpha value is -1.39. The van der Waals surface area contributed by atoms with Gasteiger partial charge in [-0.15, -0.1) is 0 Å². The molecule has 7 nitrogen and oxygen atoms in total. The van der Waals surface area contributed by atoms with Gasteiger partial charge in [0.2, 0.25) is 15.8 Å². The average molecular weight is 505 g/mol. The third kappa shape index (κ3) is 6.32. The van der Waals surface area contributed by atoms with E-state index in [-0.39, 0.29) is 55.8 Å². The molecule has 0 spiro atoms. The number of hydrogen-bond donors (Lipinski definition) is 3. The summed E-state index contributed by atoms with van der Waals surface area (Å²) in [6.45, 7) is 3.77. The van der Waals surface area contributed by atoms with Crippen molar-refractivity contribution in [3.05, 3.63) is 38.7 Å². The van der Waals surface area contributed by atoms with Crippen molar-refractivity contribution in [3.8, 4) is 0 Å². The largest absolute Gasteiger partial charge is 0.382 e. The lowest BCUT2D eigenvalue weighted by Crippen LogP contribution is -2.41. The summed E-state index contributed by atoms with van der Waals surface area (Å²) in [5.41, 5.74) is 6.20. The van der Waals surface area contributed by atoms with Crippen molar-refractivity contribution in [2.45, 2.75) is 51.6 Å². The number of nitrogens with two attached hydrogens (primary N) is 1. The van der Waals surface area contributed by atoms with E-state index >= 15 is 0 Å². The van der Waals surface area contributed by atoms with Gasteiger partial charge >= 0.3 is 0 Å². The van der Waals surface area contributed by atoms with E-state index in [4.69, 9.17) is 28.9 Å². The molecular formula is C20H26Cl2N4O3S2. The Labute approximate surface area is 196 Å². The van der Waals surface area contributed by atoms with Gasteiger partial charge in [0.15, 0.2) is 5.13 Å². The molecule has 2 aromatic rings. The lowest BCUT2D eigenvalue weighted by molar-refractivity contribution is 0.104. The predicted octanol–water partition coefficient (Wildman–Crippen LogP) is 4.56. The second-order valence-electron chi connectivity index (χ2n) is 8.15. The number of halogens is 2. The van der Waals surface area contributed by atoms with E-state index in [1.165, 1.54) is 11.3 Å². The van der Waals surface area contributed by atoms with Gasteiger partial charge in [-0.25, -0.2) is 18.1 Å². The fourth-order valence-corrected chi connectivity index (χ4v) is 6.85. The highest BCUT2D eigenvalue weighted by atomic mass is 35.5. The molecule has 0 atom stereocenters. The number of aromatic nitrogens is 1. The molecule has 31 heavy (non-hydrogen) atoms. The highest BCUT2D eigenvalue weighted by molar-refractivity contribution is 7.89. The van der Waals surface area contributed by atoms with Gasteiger partial charge < -0.3 is 11.1 Å². The van der Waals surface area contributed by atoms with Crippen LogP contribution in [0.25, 0.3) is 0 Å². The first-order valence-electron chi connectivity index (χ1n) is 10.1. The summed E-state index contributed by atoms with van der Waals surface area (Å²) in [5, 5.41) is 4.40. The van der Waals surface area contributed by atoms with Crippen LogP contribution in [0.5, 0.6) is 0 Å². The van der Waals surface area contributed by atoms with Gasteiger partial charge in [-0.1, -0.05) is 54.5 Å². The van der Waals surface area contributed by atoms with Crippen molar-refractivity contribution in [3.63, 3.8) is 0 Å². The molecule has 0 saturated heterocycles. The second kappa shape index (κ2) is 10.0. The summed E-state index contributed by atoms with van der Waals surface area (Å²) in [6.07, 6.45) is 3.04. The summed E-state index contributed by atoms with van der Waals surface area (Å²) < 4.78 is 27.1.